The molecular weight excluding hydrogens is 517 g/mol. The van der Waals surface area contributed by atoms with Crippen LogP contribution in [0.4, 0.5) is 4.39 Å². The zero-order valence-corrected chi connectivity index (χ0v) is 22.7. The molecule has 10 heteroatoms. The topological polar surface area (TPSA) is 84.2 Å². The first-order chi connectivity index (χ1) is 18.9. The number of ether oxygens (including phenoxy) is 3. The Bertz CT molecular complexity index is 1630. The first kappa shape index (κ1) is 25.4. The van der Waals surface area contributed by atoms with E-state index in [0.717, 1.165) is 16.9 Å². The number of benzene rings is 2. The van der Waals surface area contributed by atoms with Crippen molar-refractivity contribution < 1.29 is 18.6 Å². The molecule has 4 heterocycles. The van der Waals surface area contributed by atoms with Crippen molar-refractivity contribution in [2.24, 2.45) is 5.41 Å². The molecule has 0 bridgehead atoms. The van der Waals surface area contributed by atoms with Crippen LogP contribution in [0.1, 0.15) is 36.3 Å². The molecule has 1 fully saturated rings. The fraction of sp³-hybridized carbons (Fsp3) is 0.310. The summed E-state index contributed by atoms with van der Waals surface area (Å²) in [5, 5.41) is 9.07. The third-order valence-electron chi connectivity index (χ3n) is 7.02. The Labute approximate surface area is 229 Å². The van der Waals surface area contributed by atoms with Crippen LogP contribution in [-0.4, -0.2) is 45.1 Å². The van der Waals surface area contributed by atoms with Crippen LogP contribution in [0.5, 0.6) is 11.1 Å². The van der Waals surface area contributed by atoms with Gasteiger partial charge in [0, 0.05) is 23.5 Å². The summed E-state index contributed by atoms with van der Waals surface area (Å²) in [5.41, 5.74) is 3.75. The SMILES string of the molecule is COc1nnc(COc2cccc(-c3ccc(Cc4nc5ccccc5n4[C@@H]4COCC4(C)C)c(F)c3)n2)s1. The van der Waals surface area contributed by atoms with Crippen molar-refractivity contribution in [3.8, 4) is 22.3 Å². The highest BCUT2D eigenvalue weighted by atomic mass is 32.1. The van der Waals surface area contributed by atoms with Crippen molar-refractivity contribution in [3.05, 3.63) is 82.9 Å². The number of fused-ring (bicyclic) bond motifs is 1. The number of rotatable bonds is 8. The van der Waals surface area contributed by atoms with E-state index in [4.69, 9.17) is 19.2 Å². The van der Waals surface area contributed by atoms with Crippen LogP contribution in [0.25, 0.3) is 22.3 Å². The predicted molar refractivity (Wildman–Crippen MR) is 147 cm³/mol. The van der Waals surface area contributed by atoms with E-state index in [1.807, 2.05) is 42.5 Å². The molecular formula is C29H28FN5O3S. The Balaban J connectivity index is 1.25. The van der Waals surface area contributed by atoms with Crippen molar-refractivity contribution in [2.75, 3.05) is 20.3 Å². The van der Waals surface area contributed by atoms with Gasteiger partial charge in [0.25, 0.3) is 5.19 Å². The van der Waals surface area contributed by atoms with E-state index in [1.165, 1.54) is 17.4 Å². The Kier molecular flexibility index (Phi) is 6.74. The highest BCUT2D eigenvalue weighted by Crippen LogP contribution is 2.40. The molecule has 39 heavy (non-hydrogen) atoms. The smallest absolute Gasteiger partial charge is 0.293 e. The first-order valence-electron chi connectivity index (χ1n) is 12.7. The van der Waals surface area contributed by atoms with E-state index in [2.05, 4.69) is 39.7 Å². The lowest BCUT2D eigenvalue weighted by atomic mass is 9.87. The molecule has 0 amide bonds. The number of nitrogens with zero attached hydrogens (tertiary/aromatic N) is 5. The molecule has 0 N–H and O–H groups in total. The van der Waals surface area contributed by atoms with E-state index >= 15 is 4.39 Å². The largest absolute Gasteiger partial charge is 0.472 e. The quantitative estimate of drug-likeness (QED) is 0.241. The van der Waals surface area contributed by atoms with Crippen LogP contribution in [0, 0.1) is 11.2 Å². The third-order valence-corrected chi connectivity index (χ3v) is 7.88. The van der Waals surface area contributed by atoms with Crippen molar-refractivity contribution in [2.45, 2.75) is 32.9 Å². The van der Waals surface area contributed by atoms with Crippen molar-refractivity contribution in [3.63, 3.8) is 0 Å². The van der Waals surface area contributed by atoms with Crippen LogP contribution in [0.3, 0.4) is 0 Å². The first-order valence-corrected chi connectivity index (χ1v) is 13.5. The summed E-state index contributed by atoms with van der Waals surface area (Å²) in [6.07, 6.45) is 0.370. The van der Waals surface area contributed by atoms with Gasteiger partial charge in [-0.2, -0.15) is 0 Å². The average molecular weight is 546 g/mol. The number of hydrogen-bond acceptors (Lipinski definition) is 8. The molecule has 5 aromatic rings. The molecule has 0 aliphatic carbocycles. The van der Waals surface area contributed by atoms with Crippen molar-refractivity contribution in [1.82, 2.24) is 24.7 Å². The Morgan fingerprint density at radius 1 is 1.08 bits per heavy atom. The van der Waals surface area contributed by atoms with E-state index < -0.39 is 0 Å². The summed E-state index contributed by atoms with van der Waals surface area (Å²) >= 11 is 1.31. The second-order valence-electron chi connectivity index (χ2n) is 10.2. The molecule has 6 rings (SSSR count). The van der Waals surface area contributed by atoms with Gasteiger partial charge in [0.2, 0.25) is 5.88 Å². The average Bonchev–Trinajstić information content (AvgIpc) is 3.64. The fourth-order valence-electron chi connectivity index (χ4n) is 4.94. The Hall–Kier alpha value is -3.89. The lowest BCUT2D eigenvalue weighted by Gasteiger charge is -2.28. The van der Waals surface area contributed by atoms with Crippen LogP contribution in [0.15, 0.2) is 60.7 Å². The summed E-state index contributed by atoms with van der Waals surface area (Å²) in [7, 11) is 1.54. The molecule has 0 saturated carbocycles. The molecule has 1 saturated heterocycles. The van der Waals surface area contributed by atoms with Gasteiger partial charge < -0.3 is 18.8 Å². The van der Waals surface area contributed by atoms with Gasteiger partial charge in [-0.25, -0.2) is 14.4 Å². The lowest BCUT2D eigenvalue weighted by Crippen LogP contribution is -2.27. The maximum absolute atomic E-state index is 15.5. The van der Waals surface area contributed by atoms with Gasteiger partial charge >= 0.3 is 0 Å². The summed E-state index contributed by atoms with van der Waals surface area (Å²) in [5.74, 6) is 0.941. The monoisotopic (exact) mass is 545 g/mol. The third kappa shape index (κ3) is 5.09. The number of aromatic nitrogens is 5. The Morgan fingerprint density at radius 2 is 1.95 bits per heavy atom. The van der Waals surface area contributed by atoms with Crippen LogP contribution in [-0.2, 0) is 17.8 Å². The molecule has 0 radical (unpaired) electrons. The fourth-order valence-corrected chi connectivity index (χ4v) is 5.50. The second kappa shape index (κ2) is 10.3. The number of para-hydroxylation sites is 2. The zero-order chi connectivity index (χ0) is 27.0. The van der Waals surface area contributed by atoms with Gasteiger partial charge in [-0.15, -0.1) is 5.10 Å². The van der Waals surface area contributed by atoms with Gasteiger partial charge in [0.1, 0.15) is 18.2 Å². The van der Waals surface area contributed by atoms with Crippen LogP contribution in [0.2, 0.25) is 0 Å². The van der Waals surface area contributed by atoms with Gasteiger partial charge in [-0.3, -0.25) is 0 Å². The summed E-state index contributed by atoms with van der Waals surface area (Å²) in [4.78, 5) is 9.46. The van der Waals surface area contributed by atoms with Gasteiger partial charge in [0.05, 0.1) is 43.1 Å². The molecule has 3 aromatic heterocycles. The van der Waals surface area contributed by atoms with Gasteiger partial charge in [0.15, 0.2) is 5.01 Å². The number of hydrogen-bond donors (Lipinski definition) is 0. The number of pyridine rings is 1. The molecule has 1 aliphatic rings. The minimum Gasteiger partial charge on any atom is -0.472 e. The van der Waals surface area contributed by atoms with E-state index in [0.29, 0.717) is 52.5 Å². The molecule has 0 spiro atoms. The van der Waals surface area contributed by atoms with Crippen molar-refractivity contribution >= 4 is 22.4 Å². The summed E-state index contributed by atoms with van der Waals surface area (Å²) in [6, 6.07) is 18.8. The summed E-state index contributed by atoms with van der Waals surface area (Å²) < 4.78 is 34.4. The van der Waals surface area contributed by atoms with E-state index in [1.54, 1.807) is 13.2 Å². The lowest BCUT2D eigenvalue weighted by molar-refractivity contribution is 0.166. The van der Waals surface area contributed by atoms with Crippen LogP contribution >= 0.6 is 11.3 Å². The zero-order valence-electron chi connectivity index (χ0n) is 21.9. The van der Waals surface area contributed by atoms with Gasteiger partial charge in [-0.1, -0.05) is 60.6 Å². The highest BCUT2D eigenvalue weighted by Gasteiger charge is 2.39. The van der Waals surface area contributed by atoms with Crippen LogP contribution < -0.4 is 9.47 Å². The minimum atomic E-state index is -0.304. The number of methoxy groups -OCH3 is 1. The molecule has 1 atom stereocenters. The molecule has 200 valence electrons. The van der Waals surface area contributed by atoms with E-state index in [9.17, 15) is 0 Å². The van der Waals surface area contributed by atoms with Gasteiger partial charge in [-0.05, 0) is 29.8 Å². The van der Waals surface area contributed by atoms with Crippen molar-refractivity contribution in [1.29, 1.82) is 0 Å². The normalized spacial score (nSPS) is 16.6. The number of imidazole rings is 1. The summed E-state index contributed by atoms with van der Waals surface area (Å²) in [6.45, 7) is 5.91. The second-order valence-corrected chi connectivity index (χ2v) is 11.2. The predicted octanol–water partition coefficient (Wildman–Crippen LogP) is 5.86. The van der Waals surface area contributed by atoms with E-state index in [-0.39, 0.29) is 23.9 Å². The standard InChI is InChI=1S/C29H28FN5O3S/c1-29(2)17-37-15-24(29)35-23-9-5-4-7-22(23)31-25(35)14-18-11-12-19(13-20(18)30)21-8-6-10-26(32-21)38-16-27-33-34-28(36-3)39-27/h4-13,24H,14-17H2,1-3H3/t24-/m1/s1. The maximum atomic E-state index is 15.5. The number of halogens is 1. The molecule has 8 nitrogen and oxygen atoms in total. The highest BCUT2D eigenvalue weighted by molar-refractivity contribution is 7.13. The minimum absolute atomic E-state index is 0.0540. The molecule has 2 aromatic carbocycles. The molecule has 0 unspecified atom stereocenters. The Morgan fingerprint density at radius 3 is 2.72 bits per heavy atom. The maximum Gasteiger partial charge on any atom is 0.293 e. The molecule has 1 aliphatic heterocycles.